The molecule has 0 saturated heterocycles. The summed E-state index contributed by atoms with van der Waals surface area (Å²) in [6, 6.07) is 4.48. The summed E-state index contributed by atoms with van der Waals surface area (Å²) in [6.45, 7) is 2.02. The third-order valence-electron chi connectivity index (χ3n) is 2.14. The van der Waals surface area contributed by atoms with Crippen LogP contribution in [0.1, 0.15) is 29.3 Å². The largest absolute Gasteiger partial charge is 0.462 e. The van der Waals surface area contributed by atoms with Crippen LogP contribution >= 0.6 is 15.9 Å². The van der Waals surface area contributed by atoms with Gasteiger partial charge in [0.25, 0.3) is 0 Å². The van der Waals surface area contributed by atoms with E-state index in [2.05, 4.69) is 15.9 Å². The zero-order chi connectivity index (χ0) is 12.0. The molecule has 0 unspecified atom stereocenters. The van der Waals surface area contributed by atoms with Gasteiger partial charge in [-0.05, 0) is 37.5 Å². The summed E-state index contributed by atoms with van der Waals surface area (Å²) in [5.74, 6) is -0.819. The molecule has 1 aromatic rings. The van der Waals surface area contributed by atoms with Crippen molar-refractivity contribution in [3.8, 4) is 0 Å². The lowest BCUT2D eigenvalue weighted by Crippen LogP contribution is -2.05. The quantitative estimate of drug-likeness (QED) is 0.614. The fourth-order valence-corrected chi connectivity index (χ4v) is 1.63. The molecule has 4 heteroatoms. The second-order valence-electron chi connectivity index (χ2n) is 3.32. The van der Waals surface area contributed by atoms with Crippen LogP contribution in [0, 0.1) is 5.82 Å². The maximum absolute atomic E-state index is 13.6. The van der Waals surface area contributed by atoms with E-state index in [-0.39, 0.29) is 11.4 Å². The van der Waals surface area contributed by atoms with Gasteiger partial charge in [0.2, 0.25) is 0 Å². The van der Waals surface area contributed by atoms with Crippen molar-refractivity contribution in [3.63, 3.8) is 0 Å². The summed E-state index contributed by atoms with van der Waals surface area (Å²) in [6.07, 6.45) is 1.54. The number of ether oxygens (including phenoxy) is 1. The molecule has 0 fully saturated rings. The van der Waals surface area contributed by atoms with Crippen LogP contribution in [-0.2, 0) is 11.2 Å². The van der Waals surface area contributed by atoms with Gasteiger partial charge in [-0.25, -0.2) is 9.18 Å². The lowest BCUT2D eigenvalue weighted by atomic mass is 10.1. The molecule has 0 atom stereocenters. The van der Waals surface area contributed by atoms with E-state index in [1.807, 2.05) is 0 Å². The molecule has 0 heterocycles. The molecule has 1 aromatic carbocycles. The molecule has 0 aliphatic rings. The molecular formula is C12H14BrFO2. The van der Waals surface area contributed by atoms with Crippen molar-refractivity contribution in [2.24, 2.45) is 0 Å². The Labute approximate surface area is 103 Å². The molecule has 0 bridgehead atoms. The Balaban J connectivity index is 2.78. The average Bonchev–Trinajstić information content (AvgIpc) is 2.27. The third-order valence-corrected chi connectivity index (χ3v) is 2.70. The fraction of sp³-hybridized carbons (Fsp3) is 0.417. The van der Waals surface area contributed by atoms with Crippen molar-refractivity contribution in [1.29, 1.82) is 0 Å². The molecule has 88 valence electrons. The molecule has 16 heavy (non-hydrogen) atoms. The van der Waals surface area contributed by atoms with Gasteiger partial charge in [0, 0.05) is 5.33 Å². The highest BCUT2D eigenvalue weighted by Crippen LogP contribution is 2.13. The number of halogens is 2. The van der Waals surface area contributed by atoms with Crippen molar-refractivity contribution in [2.45, 2.75) is 19.8 Å². The van der Waals surface area contributed by atoms with Crippen LogP contribution in [0.3, 0.4) is 0 Å². The normalized spacial score (nSPS) is 10.2. The molecule has 0 spiro atoms. The first-order chi connectivity index (χ1) is 7.69. The summed E-state index contributed by atoms with van der Waals surface area (Å²) in [7, 11) is 0. The number of rotatable bonds is 5. The molecule has 0 aliphatic heterocycles. The average molecular weight is 289 g/mol. The zero-order valence-corrected chi connectivity index (χ0v) is 10.7. The molecule has 2 nitrogen and oxygen atoms in total. The van der Waals surface area contributed by atoms with E-state index in [9.17, 15) is 9.18 Å². The van der Waals surface area contributed by atoms with Gasteiger partial charge in [0.05, 0.1) is 12.2 Å². The van der Waals surface area contributed by atoms with E-state index in [1.54, 1.807) is 19.1 Å². The Morgan fingerprint density at radius 1 is 1.50 bits per heavy atom. The van der Waals surface area contributed by atoms with Crippen LogP contribution in [0.5, 0.6) is 0 Å². The zero-order valence-electron chi connectivity index (χ0n) is 9.13. The monoisotopic (exact) mass is 288 g/mol. The summed E-state index contributed by atoms with van der Waals surface area (Å²) in [5.41, 5.74) is 0.898. The van der Waals surface area contributed by atoms with Gasteiger partial charge in [-0.1, -0.05) is 22.0 Å². The minimum atomic E-state index is -0.478. The van der Waals surface area contributed by atoms with Crippen LogP contribution in [0.15, 0.2) is 18.2 Å². The van der Waals surface area contributed by atoms with E-state index in [1.165, 1.54) is 6.07 Å². The Kier molecular flexibility index (Phi) is 5.46. The molecule has 1 rings (SSSR count). The molecule has 0 amide bonds. The van der Waals surface area contributed by atoms with Crippen molar-refractivity contribution in [2.75, 3.05) is 11.9 Å². The van der Waals surface area contributed by atoms with Crippen molar-refractivity contribution < 1.29 is 13.9 Å². The van der Waals surface area contributed by atoms with Crippen molar-refractivity contribution in [3.05, 3.63) is 35.1 Å². The van der Waals surface area contributed by atoms with Crippen LogP contribution < -0.4 is 0 Å². The Morgan fingerprint density at radius 2 is 2.25 bits per heavy atom. The van der Waals surface area contributed by atoms with Crippen molar-refractivity contribution in [1.82, 2.24) is 0 Å². The highest BCUT2D eigenvalue weighted by molar-refractivity contribution is 9.09. The SMILES string of the molecule is CCOC(=O)c1ccc(CCCBr)c(F)c1. The number of esters is 1. The highest BCUT2D eigenvalue weighted by atomic mass is 79.9. The van der Waals surface area contributed by atoms with Gasteiger partial charge in [-0.3, -0.25) is 0 Å². The second-order valence-corrected chi connectivity index (χ2v) is 4.11. The van der Waals surface area contributed by atoms with Gasteiger partial charge in [0.15, 0.2) is 0 Å². The van der Waals surface area contributed by atoms with Gasteiger partial charge < -0.3 is 4.74 Å². The first-order valence-electron chi connectivity index (χ1n) is 5.20. The van der Waals surface area contributed by atoms with Crippen LogP contribution in [0.2, 0.25) is 0 Å². The van der Waals surface area contributed by atoms with Gasteiger partial charge >= 0.3 is 5.97 Å². The van der Waals surface area contributed by atoms with E-state index < -0.39 is 5.97 Å². The molecular weight excluding hydrogens is 275 g/mol. The second kappa shape index (κ2) is 6.63. The van der Waals surface area contributed by atoms with E-state index in [0.29, 0.717) is 18.6 Å². The number of alkyl halides is 1. The lowest BCUT2D eigenvalue weighted by molar-refractivity contribution is 0.0526. The molecule has 0 radical (unpaired) electrons. The summed E-state index contributed by atoms with van der Waals surface area (Å²) < 4.78 is 18.3. The predicted octanol–water partition coefficient (Wildman–Crippen LogP) is 3.33. The third kappa shape index (κ3) is 3.59. The number of hydrogen-bond donors (Lipinski definition) is 0. The number of carbonyl (C=O) groups is 1. The molecule has 0 aliphatic carbocycles. The van der Waals surface area contributed by atoms with Gasteiger partial charge in [0.1, 0.15) is 5.82 Å². The summed E-state index contributed by atoms with van der Waals surface area (Å²) >= 11 is 3.29. The molecule has 0 N–H and O–H groups in total. The number of carbonyl (C=O) groups excluding carboxylic acids is 1. The summed E-state index contributed by atoms with van der Waals surface area (Å²) in [5, 5.41) is 0.839. The molecule has 0 saturated carbocycles. The van der Waals surface area contributed by atoms with Gasteiger partial charge in [-0.2, -0.15) is 0 Å². The Hall–Kier alpha value is -0.900. The number of hydrogen-bond acceptors (Lipinski definition) is 2. The lowest BCUT2D eigenvalue weighted by Gasteiger charge is -2.05. The maximum Gasteiger partial charge on any atom is 0.338 e. The number of aryl methyl sites for hydroxylation is 1. The van der Waals surface area contributed by atoms with Crippen molar-refractivity contribution >= 4 is 21.9 Å². The Morgan fingerprint density at radius 3 is 2.81 bits per heavy atom. The van der Waals surface area contributed by atoms with E-state index >= 15 is 0 Å². The topological polar surface area (TPSA) is 26.3 Å². The van der Waals surface area contributed by atoms with Crippen LogP contribution in [0.4, 0.5) is 4.39 Å². The van der Waals surface area contributed by atoms with Crippen LogP contribution in [-0.4, -0.2) is 17.9 Å². The Bertz CT molecular complexity index is 366. The van der Waals surface area contributed by atoms with E-state index in [0.717, 1.165) is 11.8 Å². The fourth-order valence-electron chi connectivity index (χ4n) is 1.35. The minimum Gasteiger partial charge on any atom is -0.462 e. The first-order valence-corrected chi connectivity index (χ1v) is 6.32. The first kappa shape index (κ1) is 13.2. The predicted molar refractivity (Wildman–Crippen MR) is 64.5 cm³/mol. The maximum atomic E-state index is 13.6. The number of benzene rings is 1. The van der Waals surface area contributed by atoms with Gasteiger partial charge in [-0.15, -0.1) is 0 Å². The summed E-state index contributed by atoms with van der Waals surface area (Å²) in [4.78, 5) is 11.3. The minimum absolute atomic E-state index is 0.266. The smallest absolute Gasteiger partial charge is 0.338 e. The standard InChI is InChI=1S/C12H14BrFO2/c1-2-16-12(15)10-6-5-9(4-3-7-13)11(14)8-10/h5-6,8H,2-4,7H2,1H3. The molecule has 0 aromatic heterocycles. The van der Waals surface area contributed by atoms with Crippen LogP contribution in [0.25, 0.3) is 0 Å². The van der Waals surface area contributed by atoms with E-state index in [4.69, 9.17) is 4.74 Å². The highest BCUT2D eigenvalue weighted by Gasteiger charge is 2.09.